The second kappa shape index (κ2) is 15.2. The summed E-state index contributed by atoms with van der Waals surface area (Å²) < 4.78 is 19.9. The fourth-order valence-corrected chi connectivity index (χ4v) is 6.29. The summed E-state index contributed by atoms with van der Waals surface area (Å²) >= 11 is 1.63. The molecule has 236 valence electrons. The van der Waals surface area contributed by atoms with Crippen molar-refractivity contribution in [3.63, 3.8) is 0 Å². The molecule has 45 heavy (non-hydrogen) atoms. The SMILES string of the molecule is COC(=O)[C@H](Cc1ccccc1)NC(=O)Nc1ccc([C@@H]2O[C@H](CSc3nccn3C)[C@H](C)[C@H](c3ccc(CO)cc3)O2)cc1. The van der Waals surface area contributed by atoms with Gasteiger partial charge in [0.15, 0.2) is 11.4 Å². The molecule has 1 aliphatic heterocycles. The number of esters is 1. The number of aromatic nitrogens is 2. The van der Waals surface area contributed by atoms with Crippen LogP contribution in [0, 0.1) is 5.92 Å². The fourth-order valence-electron chi connectivity index (χ4n) is 5.19. The molecular formula is C34H38N4O6S. The lowest BCUT2D eigenvalue weighted by Gasteiger charge is -2.41. The van der Waals surface area contributed by atoms with E-state index in [1.807, 2.05) is 84.5 Å². The number of aliphatic hydroxyl groups is 1. The van der Waals surface area contributed by atoms with E-state index in [2.05, 4.69) is 22.5 Å². The zero-order valence-corrected chi connectivity index (χ0v) is 26.3. The Morgan fingerprint density at radius 1 is 1.00 bits per heavy atom. The molecular weight excluding hydrogens is 592 g/mol. The van der Waals surface area contributed by atoms with Gasteiger partial charge in [0.05, 0.1) is 25.9 Å². The van der Waals surface area contributed by atoms with Crippen LogP contribution in [0.5, 0.6) is 0 Å². The van der Waals surface area contributed by atoms with Crippen LogP contribution in [0.4, 0.5) is 10.5 Å². The van der Waals surface area contributed by atoms with Crippen LogP contribution < -0.4 is 10.6 Å². The van der Waals surface area contributed by atoms with Crippen molar-refractivity contribution < 1.29 is 28.9 Å². The lowest BCUT2D eigenvalue weighted by molar-refractivity contribution is -0.268. The summed E-state index contributed by atoms with van der Waals surface area (Å²) in [6.07, 6.45) is 2.97. The van der Waals surface area contributed by atoms with E-state index in [4.69, 9.17) is 14.2 Å². The van der Waals surface area contributed by atoms with Crippen molar-refractivity contribution in [2.75, 3.05) is 18.2 Å². The summed E-state index contributed by atoms with van der Waals surface area (Å²) in [5.74, 6) is 0.194. The van der Waals surface area contributed by atoms with E-state index < -0.39 is 24.3 Å². The Kier molecular flexibility index (Phi) is 10.9. The largest absolute Gasteiger partial charge is 0.467 e. The van der Waals surface area contributed by atoms with Gasteiger partial charge in [-0.3, -0.25) is 0 Å². The number of methoxy groups -OCH3 is 1. The van der Waals surface area contributed by atoms with Crippen LogP contribution in [0.3, 0.4) is 0 Å². The summed E-state index contributed by atoms with van der Waals surface area (Å²) in [5.41, 5.74) is 4.08. The third-order valence-electron chi connectivity index (χ3n) is 7.79. The number of carbonyl (C=O) groups is 2. The first-order valence-corrected chi connectivity index (χ1v) is 15.7. The quantitative estimate of drug-likeness (QED) is 0.149. The highest BCUT2D eigenvalue weighted by atomic mass is 32.2. The molecule has 3 aromatic carbocycles. The number of carbonyl (C=O) groups excluding carboxylic acids is 2. The number of anilines is 1. The molecule has 1 fully saturated rings. The van der Waals surface area contributed by atoms with E-state index in [0.29, 0.717) is 17.9 Å². The lowest BCUT2D eigenvalue weighted by atomic mass is 9.91. The number of ether oxygens (including phenoxy) is 3. The number of aliphatic hydroxyl groups excluding tert-OH is 1. The summed E-state index contributed by atoms with van der Waals surface area (Å²) in [4.78, 5) is 29.6. The van der Waals surface area contributed by atoms with E-state index in [1.165, 1.54) is 7.11 Å². The fraction of sp³-hybridized carbons (Fsp3) is 0.324. The van der Waals surface area contributed by atoms with Crippen LogP contribution in [0.2, 0.25) is 0 Å². The Labute approximate surface area is 267 Å². The molecule has 1 aliphatic rings. The molecule has 2 amide bonds. The standard InChI is InChI=1S/C34H38N4O6S/c1-22-29(21-45-34-35-17-18-38(34)2)43-32(44-30(22)25-11-9-24(20-39)10-12-25)26-13-15-27(16-14-26)36-33(41)37-28(31(40)42-3)19-23-7-5-4-6-8-23/h4-18,22,28-30,32,39H,19-21H2,1-3H3,(H2,36,37,41)/t22-,28-,29+,30+,32+/m0/s1. The molecule has 4 aromatic rings. The van der Waals surface area contributed by atoms with Gasteiger partial charge in [-0.2, -0.15) is 0 Å². The van der Waals surface area contributed by atoms with Gasteiger partial charge in [0, 0.05) is 48.8 Å². The molecule has 0 radical (unpaired) electrons. The molecule has 5 rings (SSSR count). The van der Waals surface area contributed by atoms with Crippen molar-refractivity contribution in [2.45, 2.75) is 49.6 Å². The summed E-state index contributed by atoms with van der Waals surface area (Å²) in [7, 11) is 3.26. The average molecular weight is 631 g/mol. The molecule has 1 saturated heterocycles. The van der Waals surface area contributed by atoms with Gasteiger partial charge in [0.25, 0.3) is 0 Å². The number of thioether (sulfide) groups is 1. The van der Waals surface area contributed by atoms with Gasteiger partial charge < -0.3 is 34.5 Å². The van der Waals surface area contributed by atoms with E-state index in [9.17, 15) is 14.7 Å². The summed E-state index contributed by atoms with van der Waals surface area (Å²) in [6.45, 7) is 2.10. The topological polar surface area (TPSA) is 124 Å². The number of imidazole rings is 1. The second-order valence-corrected chi connectivity index (χ2v) is 11.9. The van der Waals surface area contributed by atoms with Crippen molar-refractivity contribution in [3.8, 4) is 0 Å². The van der Waals surface area contributed by atoms with Crippen molar-refractivity contribution in [1.29, 1.82) is 0 Å². The van der Waals surface area contributed by atoms with Gasteiger partial charge in [-0.1, -0.05) is 85.4 Å². The lowest BCUT2D eigenvalue weighted by Crippen LogP contribution is -2.45. The van der Waals surface area contributed by atoms with Crippen molar-refractivity contribution in [1.82, 2.24) is 14.9 Å². The van der Waals surface area contributed by atoms with Gasteiger partial charge in [-0.05, 0) is 28.8 Å². The Bertz CT molecular complexity index is 1550. The first-order valence-electron chi connectivity index (χ1n) is 14.7. The normalized spacial score (nSPS) is 20.3. The molecule has 3 N–H and O–H groups in total. The van der Waals surface area contributed by atoms with Gasteiger partial charge in [0.2, 0.25) is 0 Å². The molecule has 0 spiro atoms. The Morgan fingerprint density at radius 2 is 1.71 bits per heavy atom. The Morgan fingerprint density at radius 3 is 2.36 bits per heavy atom. The number of nitrogens with one attached hydrogen (secondary N) is 2. The molecule has 1 aromatic heterocycles. The minimum Gasteiger partial charge on any atom is -0.467 e. The van der Waals surface area contributed by atoms with Crippen molar-refractivity contribution >= 4 is 29.4 Å². The maximum Gasteiger partial charge on any atom is 0.328 e. The average Bonchev–Trinajstić information content (AvgIpc) is 3.48. The van der Waals surface area contributed by atoms with E-state index in [0.717, 1.165) is 27.4 Å². The third-order valence-corrected chi connectivity index (χ3v) is 8.94. The number of urea groups is 1. The van der Waals surface area contributed by atoms with Gasteiger partial charge in [0.1, 0.15) is 6.04 Å². The van der Waals surface area contributed by atoms with Gasteiger partial charge >= 0.3 is 12.0 Å². The zero-order valence-electron chi connectivity index (χ0n) is 25.5. The molecule has 5 atom stereocenters. The summed E-state index contributed by atoms with van der Waals surface area (Å²) in [5, 5.41) is 15.9. The van der Waals surface area contributed by atoms with Crippen LogP contribution in [0.25, 0.3) is 0 Å². The van der Waals surface area contributed by atoms with Crippen molar-refractivity contribution in [3.05, 3.63) is 114 Å². The maximum absolute atomic E-state index is 12.8. The molecule has 0 bridgehead atoms. The van der Waals surface area contributed by atoms with Gasteiger partial charge in [-0.25, -0.2) is 14.6 Å². The Hall–Kier alpha value is -4.16. The van der Waals surface area contributed by atoms with E-state index >= 15 is 0 Å². The number of rotatable bonds is 11. The third kappa shape index (κ3) is 8.31. The Balaban J connectivity index is 1.28. The van der Waals surface area contributed by atoms with Crippen LogP contribution in [0.1, 0.15) is 41.6 Å². The predicted molar refractivity (Wildman–Crippen MR) is 171 cm³/mol. The highest BCUT2D eigenvalue weighted by molar-refractivity contribution is 7.99. The number of aryl methyl sites for hydroxylation is 1. The maximum atomic E-state index is 12.8. The van der Waals surface area contributed by atoms with Crippen LogP contribution in [-0.4, -0.2) is 51.7 Å². The number of hydrogen-bond acceptors (Lipinski definition) is 8. The van der Waals surface area contributed by atoms with E-state index in [1.54, 1.807) is 30.1 Å². The smallest absolute Gasteiger partial charge is 0.328 e. The van der Waals surface area contributed by atoms with Crippen LogP contribution >= 0.6 is 11.8 Å². The number of benzene rings is 3. The molecule has 0 unspecified atom stereocenters. The first-order chi connectivity index (χ1) is 21.8. The molecule has 10 nitrogen and oxygen atoms in total. The van der Waals surface area contributed by atoms with Gasteiger partial charge in [-0.15, -0.1) is 0 Å². The predicted octanol–water partition coefficient (Wildman–Crippen LogP) is 5.40. The van der Waals surface area contributed by atoms with E-state index in [-0.39, 0.29) is 24.7 Å². The highest BCUT2D eigenvalue weighted by Gasteiger charge is 2.38. The molecule has 0 aliphatic carbocycles. The molecule has 2 heterocycles. The number of amides is 2. The number of hydrogen-bond donors (Lipinski definition) is 3. The van der Waals surface area contributed by atoms with Crippen LogP contribution in [-0.2, 0) is 39.1 Å². The first kappa shape index (κ1) is 32.2. The molecule has 0 saturated carbocycles. The number of nitrogens with zero attached hydrogens (tertiary/aromatic N) is 2. The molecule has 11 heteroatoms. The summed E-state index contributed by atoms with van der Waals surface area (Å²) in [6, 6.07) is 23.1. The van der Waals surface area contributed by atoms with Crippen molar-refractivity contribution in [2.24, 2.45) is 13.0 Å². The minimum absolute atomic E-state index is 0.0230. The minimum atomic E-state index is -0.841. The zero-order chi connectivity index (χ0) is 31.8. The second-order valence-electron chi connectivity index (χ2n) is 10.9. The monoisotopic (exact) mass is 630 g/mol. The van der Waals surface area contributed by atoms with Crippen LogP contribution in [0.15, 0.2) is 96.4 Å². The highest BCUT2D eigenvalue weighted by Crippen LogP contribution is 2.43.